The van der Waals surface area contributed by atoms with Crippen LogP contribution in [0.3, 0.4) is 0 Å². The highest BCUT2D eigenvalue weighted by Crippen LogP contribution is 2.38. The Morgan fingerprint density at radius 1 is 1.03 bits per heavy atom. The Morgan fingerprint density at radius 2 is 1.72 bits per heavy atom. The molecule has 2 aromatic carbocycles. The third kappa shape index (κ3) is 4.80. The molecule has 0 fully saturated rings. The van der Waals surface area contributed by atoms with Crippen LogP contribution >= 0.6 is 0 Å². The van der Waals surface area contributed by atoms with Gasteiger partial charge in [-0.15, -0.1) is 0 Å². The van der Waals surface area contributed by atoms with E-state index < -0.39 is 0 Å². The summed E-state index contributed by atoms with van der Waals surface area (Å²) >= 11 is 0. The van der Waals surface area contributed by atoms with Crippen molar-refractivity contribution in [2.24, 2.45) is 0 Å². The van der Waals surface area contributed by atoms with Crippen LogP contribution in [-0.4, -0.2) is 25.5 Å². The maximum atomic E-state index is 12.8. The largest absolute Gasteiger partial charge is 0.872 e. The number of rotatable bonds is 9. The van der Waals surface area contributed by atoms with Gasteiger partial charge in [0, 0.05) is 5.56 Å². The smallest absolute Gasteiger partial charge is 0.231 e. The Kier molecular flexibility index (Phi) is 6.94. The Bertz CT molecular complexity index is 880. The average molecular weight is 395 g/mol. The maximum absolute atomic E-state index is 12.8. The molecule has 154 valence electrons. The highest BCUT2D eigenvalue weighted by molar-refractivity contribution is 6.14. The van der Waals surface area contributed by atoms with Crippen molar-refractivity contribution >= 4 is 11.9 Å². The van der Waals surface area contributed by atoms with E-state index >= 15 is 0 Å². The van der Waals surface area contributed by atoms with Gasteiger partial charge in [-0.05, 0) is 49.6 Å². The summed E-state index contributed by atoms with van der Waals surface area (Å²) in [7, 11) is 0. The lowest BCUT2D eigenvalue weighted by Crippen LogP contribution is -3.10. The van der Waals surface area contributed by atoms with E-state index in [0.717, 1.165) is 37.2 Å². The Hall–Kier alpha value is -2.79. The van der Waals surface area contributed by atoms with Crippen LogP contribution in [0.25, 0.3) is 6.08 Å². The summed E-state index contributed by atoms with van der Waals surface area (Å²) in [6, 6.07) is 10.6. The first-order valence-corrected chi connectivity index (χ1v) is 10.4. The van der Waals surface area contributed by atoms with Crippen molar-refractivity contribution in [3.63, 3.8) is 0 Å². The van der Waals surface area contributed by atoms with Crippen molar-refractivity contribution in [2.45, 2.75) is 40.2 Å². The molecule has 2 aromatic rings. The molecule has 0 atom stereocenters. The highest BCUT2D eigenvalue weighted by Gasteiger charge is 2.30. The number of hydrogen-bond donors (Lipinski definition) is 1. The number of benzene rings is 2. The lowest BCUT2D eigenvalue weighted by molar-refractivity contribution is -0.914. The predicted octanol–water partition coefficient (Wildman–Crippen LogP) is 2.98. The number of quaternary nitrogens is 1. The fourth-order valence-corrected chi connectivity index (χ4v) is 3.69. The maximum Gasteiger partial charge on any atom is 0.231 e. The van der Waals surface area contributed by atoms with Crippen molar-refractivity contribution in [3.05, 3.63) is 58.8 Å². The van der Waals surface area contributed by atoms with Gasteiger partial charge in [-0.1, -0.05) is 37.8 Å². The molecule has 1 aliphatic rings. The number of nitrogens with one attached hydrogen (secondary N) is 1. The first-order valence-electron chi connectivity index (χ1n) is 10.4. The van der Waals surface area contributed by atoms with Crippen LogP contribution in [-0.2, 0) is 6.54 Å². The van der Waals surface area contributed by atoms with Gasteiger partial charge in [0.15, 0.2) is 5.76 Å². The van der Waals surface area contributed by atoms with Crippen LogP contribution in [0.1, 0.15) is 55.1 Å². The molecule has 0 unspecified atom stereocenters. The SMILES string of the molecule is CCC[NH+](CCC)Cc1c([O-])ccc2c1OC(=Cc1ccc(OCC)cc1)C2=O. The zero-order chi connectivity index (χ0) is 20.8. The van der Waals surface area contributed by atoms with E-state index in [9.17, 15) is 9.90 Å². The summed E-state index contributed by atoms with van der Waals surface area (Å²) in [6.07, 6.45) is 3.80. The summed E-state index contributed by atoms with van der Waals surface area (Å²) in [6.45, 7) is 9.37. The van der Waals surface area contributed by atoms with Crippen LogP contribution in [0.2, 0.25) is 0 Å². The highest BCUT2D eigenvalue weighted by atomic mass is 16.5. The second-order valence-corrected chi connectivity index (χ2v) is 7.29. The lowest BCUT2D eigenvalue weighted by atomic mass is 10.0. The molecule has 0 amide bonds. The molecular formula is C24H29NO4. The number of ether oxygens (including phenoxy) is 2. The minimum absolute atomic E-state index is 0.0661. The summed E-state index contributed by atoms with van der Waals surface area (Å²) in [5.41, 5.74) is 1.92. The van der Waals surface area contributed by atoms with Gasteiger partial charge >= 0.3 is 0 Å². The van der Waals surface area contributed by atoms with Gasteiger partial charge in [0.1, 0.15) is 18.0 Å². The van der Waals surface area contributed by atoms with Crippen molar-refractivity contribution in [2.75, 3.05) is 19.7 Å². The van der Waals surface area contributed by atoms with E-state index in [2.05, 4.69) is 13.8 Å². The van der Waals surface area contributed by atoms with E-state index in [1.807, 2.05) is 31.2 Å². The fourth-order valence-electron chi connectivity index (χ4n) is 3.69. The molecule has 0 bridgehead atoms. The summed E-state index contributed by atoms with van der Waals surface area (Å²) < 4.78 is 11.4. The number of allylic oxidation sites excluding steroid dienone is 1. The van der Waals surface area contributed by atoms with Crippen molar-refractivity contribution in [1.82, 2.24) is 0 Å². The molecule has 1 aliphatic heterocycles. The van der Waals surface area contributed by atoms with Gasteiger partial charge in [-0.3, -0.25) is 4.79 Å². The minimum Gasteiger partial charge on any atom is -0.872 e. The predicted molar refractivity (Wildman–Crippen MR) is 111 cm³/mol. The fraction of sp³-hybridized carbons (Fsp3) is 0.375. The van der Waals surface area contributed by atoms with Gasteiger partial charge in [-0.2, -0.15) is 0 Å². The molecule has 0 spiro atoms. The van der Waals surface area contributed by atoms with Crippen LogP contribution in [0.15, 0.2) is 42.2 Å². The van der Waals surface area contributed by atoms with E-state index in [4.69, 9.17) is 9.47 Å². The quantitative estimate of drug-likeness (QED) is 0.663. The summed E-state index contributed by atoms with van der Waals surface area (Å²) in [4.78, 5) is 14.2. The molecule has 29 heavy (non-hydrogen) atoms. The van der Waals surface area contributed by atoms with E-state index in [-0.39, 0.29) is 17.3 Å². The number of fused-ring (bicyclic) bond motifs is 1. The molecule has 3 rings (SSSR count). The second-order valence-electron chi connectivity index (χ2n) is 7.29. The molecular weight excluding hydrogens is 366 g/mol. The monoisotopic (exact) mass is 395 g/mol. The Labute approximate surface area is 172 Å². The molecule has 0 aliphatic carbocycles. The van der Waals surface area contributed by atoms with Gasteiger partial charge in [0.2, 0.25) is 5.78 Å². The number of carbonyl (C=O) groups excluding carboxylic acids is 1. The van der Waals surface area contributed by atoms with E-state index in [1.165, 1.54) is 11.0 Å². The summed E-state index contributed by atoms with van der Waals surface area (Å²) in [5, 5.41) is 12.6. The zero-order valence-electron chi connectivity index (χ0n) is 17.4. The van der Waals surface area contributed by atoms with Gasteiger partial charge in [0.25, 0.3) is 0 Å². The molecule has 1 N–H and O–H groups in total. The van der Waals surface area contributed by atoms with Crippen LogP contribution < -0.4 is 19.5 Å². The second kappa shape index (κ2) is 9.61. The van der Waals surface area contributed by atoms with Crippen LogP contribution in [0, 0.1) is 0 Å². The number of hydrogen-bond acceptors (Lipinski definition) is 4. The standard InChI is InChI=1S/C24H29NO4/c1-4-13-25(14-5-2)16-20-21(26)12-11-19-23(27)22(29-24(19)20)15-17-7-9-18(10-8-17)28-6-3/h7-12,15,26H,4-6,13-14,16H2,1-3H3. The third-order valence-electron chi connectivity index (χ3n) is 5.02. The normalized spacial score (nSPS) is 14.3. The van der Waals surface area contributed by atoms with Crippen LogP contribution in [0.4, 0.5) is 0 Å². The van der Waals surface area contributed by atoms with Gasteiger partial charge in [-0.25, -0.2) is 0 Å². The Balaban J connectivity index is 1.87. The Morgan fingerprint density at radius 3 is 2.34 bits per heavy atom. The minimum atomic E-state index is -0.178. The average Bonchev–Trinajstić information content (AvgIpc) is 3.02. The van der Waals surface area contributed by atoms with Crippen molar-refractivity contribution < 1.29 is 24.3 Å². The van der Waals surface area contributed by atoms with Crippen molar-refractivity contribution in [3.8, 4) is 17.2 Å². The van der Waals surface area contributed by atoms with Crippen molar-refractivity contribution in [1.29, 1.82) is 0 Å². The molecule has 0 aromatic heterocycles. The molecule has 0 saturated carbocycles. The molecule has 5 nitrogen and oxygen atoms in total. The van der Waals surface area contributed by atoms with Gasteiger partial charge in [0.05, 0.1) is 25.3 Å². The molecule has 5 heteroatoms. The molecule has 0 radical (unpaired) electrons. The molecule has 0 saturated heterocycles. The van der Waals surface area contributed by atoms with E-state index in [0.29, 0.717) is 30.0 Å². The topological polar surface area (TPSA) is 63.0 Å². The van der Waals surface area contributed by atoms with Gasteiger partial charge < -0.3 is 19.5 Å². The summed E-state index contributed by atoms with van der Waals surface area (Å²) in [5.74, 6) is 1.23. The number of ketones is 1. The first-order chi connectivity index (χ1) is 14.1. The number of Topliss-reactive ketones (excluding diaryl/α,β-unsaturated/α-hetero) is 1. The first kappa shape index (κ1) is 20.9. The third-order valence-corrected chi connectivity index (χ3v) is 5.02. The van der Waals surface area contributed by atoms with E-state index in [1.54, 1.807) is 12.1 Å². The zero-order valence-corrected chi connectivity index (χ0v) is 17.4. The number of carbonyl (C=O) groups is 1. The molecule has 1 heterocycles. The van der Waals surface area contributed by atoms with Crippen LogP contribution in [0.5, 0.6) is 17.2 Å². The lowest BCUT2D eigenvalue weighted by Gasteiger charge is -2.23.